The van der Waals surface area contributed by atoms with Gasteiger partial charge in [-0.05, 0) is 115 Å². The van der Waals surface area contributed by atoms with Crippen molar-refractivity contribution in [3.8, 4) is 44.5 Å². The van der Waals surface area contributed by atoms with Crippen LogP contribution >= 0.6 is 84.8 Å². The van der Waals surface area contributed by atoms with Gasteiger partial charge in [-0.3, -0.25) is 12.3 Å². The van der Waals surface area contributed by atoms with Crippen molar-refractivity contribution in [3.05, 3.63) is 231 Å². The molecule has 0 atom stereocenters. The first-order chi connectivity index (χ1) is 28.0. The van der Waals surface area contributed by atoms with Gasteiger partial charge in [0.05, 0.1) is 5.41 Å². The van der Waals surface area contributed by atoms with E-state index in [1.165, 1.54) is 0 Å². The highest BCUT2D eigenvalue weighted by molar-refractivity contribution is 14.2. The minimum Gasteiger partial charge on any atom is -0.265 e. The zero-order chi connectivity index (χ0) is 39.2. The van der Waals surface area contributed by atoms with Gasteiger partial charge >= 0.3 is 0 Å². The number of hydrogen-bond acceptors (Lipinski definition) is 4. The van der Waals surface area contributed by atoms with Crippen molar-refractivity contribution < 1.29 is 12.3 Å². The predicted octanol–water partition coefficient (Wildman–Crippen LogP) is 14.7. The summed E-state index contributed by atoms with van der Waals surface area (Å²) in [4.78, 5) is 0. The summed E-state index contributed by atoms with van der Waals surface area (Å²) >= 11 is -4.87. The summed E-state index contributed by atoms with van der Waals surface area (Å²) in [5.41, 5.74) is 12.2. The van der Waals surface area contributed by atoms with Gasteiger partial charge in [0.25, 0.3) is 0 Å². The molecule has 0 aliphatic rings. The molecule has 0 amide bonds. The molecule has 0 aliphatic heterocycles. The van der Waals surface area contributed by atoms with Crippen LogP contribution in [0.5, 0.6) is 0 Å². The molecule has 0 N–H and O–H groups in total. The lowest BCUT2D eigenvalue weighted by molar-refractivity contribution is 0.647. The zero-order valence-corrected chi connectivity index (χ0v) is 38.8. The molecule has 8 aromatic carbocycles. The van der Waals surface area contributed by atoms with Gasteiger partial charge in [0.2, 0.25) is 0 Å². The van der Waals surface area contributed by atoms with E-state index < -0.39 is 90.2 Å². The first-order valence-corrected chi connectivity index (χ1v) is 25.8. The summed E-state index contributed by atoms with van der Waals surface area (Å²) in [6.45, 7) is 0. The van der Waals surface area contributed by atoms with E-state index in [9.17, 15) is 12.3 Å². The Morgan fingerprint density at radius 3 is 0.491 bits per heavy atom. The van der Waals surface area contributed by atoms with Crippen LogP contribution in [-0.2, 0) is 17.7 Å². The molecule has 57 heavy (non-hydrogen) atoms. The largest absolute Gasteiger partial charge is 0.265 e. The van der Waals surface area contributed by atoms with Gasteiger partial charge in [-0.15, -0.1) is 0 Å². The van der Waals surface area contributed by atoms with E-state index in [0.717, 1.165) is 81.0 Å². The standard InChI is InChI=1S/C49H32I4O4/c54-50-45-25-9-37(10-26-45)33-1-17-41(18-2-33)49(42-19-3-34(4-20-42)38-11-27-46(51-55)28-12-38,43-21-5-35(6-22-43)39-13-29-47(52-56)30-14-39)44-23-7-36(8-24-44)40-15-31-48(53-57)32-16-40/h1-32H. The first-order valence-electron chi connectivity index (χ1n) is 17.9. The van der Waals surface area contributed by atoms with Crippen molar-refractivity contribution in [2.24, 2.45) is 0 Å². The molecule has 0 aliphatic carbocycles. The van der Waals surface area contributed by atoms with E-state index >= 15 is 0 Å². The van der Waals surface area contributed by atoms with Gasteiger partial charge in [0, 0.05) is 14.3 Å². The summed E-state index contributed by atoms with van der Waals surface area (Å²) < 4.78 is 49.9. The Labute approximate surface area is 373 Å². The zero-order valence-electron chi connectivity index (χ0n) is 30.1. The molecule has 0 unspecified atom stereocenters. The van der Waals surface area contributed by atoms with E-state index in [1.54, 1.807) is 0 Å². The molecular formula is C49H32I4O4. The Hall–Kier alpha value is -4.12. The average molecular weight is 1190 g/mol. The Bertz CT molecular complexity index is 2290. The van der Waals surface area contributed by atoms with E-state index in [4.69, 9.17) is 0 Å². The van der Waals surface area contributed by atoms with Crippen LogP contribution in [0.15, 0.2) is 194 Å². The van der Waals surface area contributed by atoms with Gasteiger partial charge in [0.15, 0.2) is 84.8 Å². The molecule has 0 saturated carbocycles. The van der Waals surface area contributed by atoms with Crippen molar-refractivity contribution in [2.45, 2.75) is 5.41 Å². The maximum atomic E-state index is 11.6. The van der Waals surface area contributed by atoms with E-state index in [1.807, 2.05) is 97.1 Å². The van der Waals surface area contributed by atoms with Gasteiger partial charge in [-0.25, -0.2) is 0 Å². The highest BCUT2D eigenvalue weighted by Gasteiger charge is 2.38. The maximum absolute atomic E-state index is 11.6. The topological polar surface area (TPSA) is 68.3 Å². The Balaban J connectivity index is 1.32. The molecule has 8 aromatic rings. The van der Waals surface area contributed by atoms with Crippen LogP contribution in [0.1, 0.15) is 22.3 Å². The van der Waals surface area contributed by atoms with Crippen molar-refractivity contribution in [1.82, 2.24) is 0 Å². The summed E-state index contributed by atoms with van der Waals surface area (Å²) in [5.74, 6) is 0. The molecule has 0 radical (unpaired) electrons. The maximum Gasteiger partial charge on any atom is 0.182 e. The van der Waals surface area contributed by atoms with E-state index in [-0.39, 0.29) is 0 Å². The molecule has 0 fully saturated rings. The number of hydrogen-bond donors (Lipinski definition) is 0. The lowest BCUT2D eigenvalue weighted by Crippen LogP contribution is -2.31. The molecular weight excluding hydrogens is 1160 g/mol. The summed E-state index contributed by atoms with van der Waals surface area (Å²) in [5, 5.41) is 0. The summed E-state index contributed by atoms with van der Waals surface area (Å²) in [6.07, 6.45) is 0. The third kappa shape index (κ3) is 8.41. The highest BCUT2D eigenvalue weighted by Crippen LogP contribution is 2.47. The molecule has 8 rings (SSSR count). The van der Waals surface area contributed by atoms with Crippen LogP contribution in [0.2, 0.25) is 0 Å². The fourth-order valence-corrected chi connectivity index (χ4v) is 10.0. The quantitative estimate of drug-likeness (QED) is 0.0903. The van der Waals surface area contributed by atoms with Gasteiger partial charge in [-0.1, -0.05) is 146 Å². The van der Waals surface area contributed by atoms with Crippen LogP contribution in [-0.4, -0.2) is 0 Å². The second-order valence-electron chi connectivity index (χ2n) is 13.4. The molecule has 0 bridgehead atoms. The smallest absolute Gasteiger partial charge is 0.182 e. The number of benzene rings is 8. The second kappa shape index (κ2) is 18.2. The van der Waals surface area contributed by atoms with Gasteiger partial charge < -0.3 is 0 Å². The van der Waals surface area contributed by atoms with Crippen LogP contribution in [0, 0.1) is 14.3 Å². The van der Waals surface area contributed by atoms with Gasteiger partial charge in [-0.2, -0.15) is 0 Å². The fraction of sp³-hybridized carbons (Fsp3) is 0.0204. The van der Waals surface area contributed by atoms with E-state index in [2.05, 4.69) is 97.1 Å². The Morgan fingerprint density at radius 1 is 0.211 bits per heavy atom. The van der Waals surface area contributed by atoms with Crippen LogP contribution in [0.4, 0.5) is 0 Å². The second-order valence-corrected chi connectivity index (χ2v) is 20.1. The van der Waals surface area contributed by atoms with Gasteiger partial charge in [0.1, 0.15) is 0 Å². The highest BCUT2D eigenvalue weighted by atomic mass is 127. The SMILES string of the molecule is O=Ic1ccc(-c2ccc(C(c3ccc(-c4ccc(I=O)cc4)cc3)(c3ccc(-c4ccc(I=O)cc4)cc3)c3ccc(-c4ccc(I=O)cc4)cc3)cc2)cc1. The monoisotopic (exact) mass is 1190 g/mol. The van der Waals surface area contributed by atoms with Crippen molar-refractivity contribution in [2.75, 3.05) is 0 Å². The molecule has 0 aromatic heterocycles. The van der Waals surface area contributed by atoms with E-state index in [0.29, 0.717) is 0 Å². The lowest BCUT2D eigenvalue weighted by Gasteiger charge is -2.37. The van der Waals surface area contributed by atoms with Crippen LogP contribution < -0.4 is 0 Å². The lowest BCUT2D eigenvalue weighted by atomic mass is 9.64. The summed E-state index contributed by atoms with van der Waals surface area (Å²) in [6, 6.07) is 67.0. The molecule has 0 saturated heterocycles. The summed E-state index contributed by atoms with van der Waals surface area (Å²) in [7, 11) is 0. The first kappa shape index (κ1) is 39.7. The van der Waals surface area contributed by atoms with Crippen LogP contribution in [0.3, 0.4) is 0 Å². The Kier molecular flexibility index (Phi) is 12.7. The molecule has 0 spiro atoms. The number of rotatable bonds is 12. The number of halogens is 4. The minimum absolute atomic E-state index is 0.741. The third-order valence-electron chi connectivity index (χ3n) is 10.3. The normalized spacial score (nSPS) is 11.4. The fourth-order valence-electron chi connectivity index (χ4n) is 7.43. The van der Waals surface area contributed by atoms with Crippen molar-refractivity contribution in [1.29, 1.82) is 0 Å². The van der Waals surface area contributed by atoms with Crippen LogP contribution in [0.25, 0.3) is 44.5 Å². The molecule has 4 nitrogen and oxygen atoms in total. The molecule has 8 heteroatoms. The van der Waals surface area contributed by atoms with Crippen molar-refractivity contribution in [3.63, 3.8) is 0 Å². The van der Waals surface area contributed by atoms with Crippen molar-refractivity contribution >= 4 is 84.8 Å². The minimum atomic E-state index is -1.22. The predicted molar refractivity (Wildman–Crippen MR) is 260 cm³/mol. The molecule has 0 heterocycles. The third-order valence-corrected chi connectivity index (χ3v) is 15.2. The average Bonchev–Trinajstić information content (AvgIpc) is 3.30. The Morgan fingerprint density at radius 2 is 0.351 bits per heavy atom. The molecule has 280 valence electrons.